The van der Waals surface area contributed by atoms with Crippen LogP contribution < -0.4 is 16.4 Å². The van der Waals surface area contributed by atoms with Crippen molar-refractivity contribution < 1.29 is 9.59 Å². The molecule has 6 heteroatoms. The lowest BCUT2D eigenvalue weighted by molar-refractivity contribution is -0.116. The van der Waals surface area contributed by atoms with Crippen LogP contribution in [0, 0.1) is 0 Å². The highest BCUT2D eigenvalue weighted by Gasteiger charge is 2.07. The minimum absolute atomic E-state index is 0. The summed E-state index contributed by atoms with van der Waals surface area (Å²) in [6.45, 7) is 4.43. The zero-order chi connectivity index (χ0) is 14.3. The van der Waals surface area contributed by atoms with Crippen LogP contribution in [0.3, 0.4) is 0 Å². The van der Waals surface area contributed by atoms with Crippen LogP contribution in [0.2, 0.25) is 0 Å². The normalized spacial score (nSPS) is 11.2. The van der Waals surface area contributed by atoms with E-state index in [0.29, 0.717) is 17.8 Å². The van der Waals surface area contributed by atoms with Crippen molar-refractivity contribution in [2.24, 2.45) is 5.73 Å². The topological polar surface area (TPSA) is 84.2 Å². The predicted octanol–water partition coefficient (Wildman–Crippen LogP) is 1.92. The molecule has 0 aliphatic heterocycles. The fraction of sp³-hybridized carbons (Fsp3) is 0.429. The molecule has 0 spiro atoms. The molecule has 1 unspecified atom stereocenters. The van der Waals surface area contributed by atoms with E-state index in [0.717, 1.165) is 6.42 Å². The van der Waals surface area contributed by atoms with E-state index >= 15 is 0 Å². The van der Waals surface area contributed by atoms with Gasteiger partial charge in [0.15, 0.2) is 0 Å². The summed E-state index contributed by atoms with van der Waals surface area (Å²) >= 11 is 0. The molecular weight excluding hydrogens is 278 g/mol. The molecule has 2 amide bonds. The summed E-state index contributed by atoms with van der Waals surface area (Å²) in [6, 6.07) is 6.62. The van der Waals surface area contributed by atoms with Crippen LogP contribution in [-0.4, -0.2) is 24.4 Å². The first-order valence-electron chi connectivity index (χ1n) is 6.46. The Morgan fingerprint density at radius 1 is 1.25 bits per heavy atom. The Labute approximate surface area is 125 Å². The molecule has 0 aliphatic rings. The Kier molecular flexibility index (Phi) is 8.59. The maximum Gasteiger partial charge on any atom is 0.251 e. The monoisotopic (exact) mass is 299 g/mol. The first-order valence-corrected chi connectivity index (χ1v) is 6.46. The quantitative estimate of drug-likeness (QED) is 0.750. The van der Waals surface area contributed by atoms with Crippen molar-refractivity contribution in [2.45, 2.75) is 32.7 Å². The van der Waals surface area contributed by atoms with Gasteiger partial charge in [0.1, 0.15) is 0 Å². The van der Waals surface area contributed by atoms with Crippen LogP contribution in [0.4, 0.5) is 5.69 Å². The Balaban J connectivity index is 0.00000361. The van der Waals surface area contributed by atoms with Gasteiger partial charge in [-0.3, -0.25) is 9.59 Å². The van der Waals surface area contributed by atoms with Crippen molar-refractivity contribution in [3.8, 4) is 0 Å². The molecule has 0 radical (unpaired) electrons. The fourth-order valence-electron chi connectivity index (χ4n) is 1.55. The third kappa shape index (κ3) is 6.54. The second-order valence-electron chi connectivity index (χ2n) is 4.56. The average molecular weight is 300 g/mol. The molecule has 0 saturated heterocycles. The van der Waals surface area contributed by atoms with Crippen LogP contribution in [0.25, 0.3) is 0 Å². The maximum atomic E-state index is 11.7. The van der Waals surface area contributed by atoms with Crippen molar-refractivity contribution >= 4 is 29.9 Å². The van der Waals surface area contributed by atoms with Gasteiger partial charge in [-0.15, -0.1) is 12.4 Å². The first-order chi connectivity index (χ1) is 9.02. The summed E-state index contributed by atoms with van der Waals surface area (Å²) in [6.07, 6.45) is 1.18. The van der Waals surface area contributed by atoms with Gasteiger partial charge in [0.25, 0.3) is 5.91 Å². The summed E-state index contributed by atoms with van der Waals surface area (Å²) < 4.78 is 0. The minimum Gasteiger partial charge on any atom is -0.352 e. The first kappa shape index (κ1) is 18.4. The smallest absolute Gasteiger partial charge is 0.251 e. The number of carbonyl (C=O) groups excluding carboxylic acids is 2. The Bertz CT molecular complexity index is 433. The molecule has 4 N–H and O–H groups in total. The van der Waals surface area contributed by atoms with E-state index in [1.807, 2.05) is 6.92 Å². The largest absolute Gasteiger partial charge is 0.352 e. The van der Waals surface area contributed by atoms with Gasteiger partial charge in [-0.05, 0) is 37.6 Å². The van der Waals surface area contributed by atoms with Gasteiger partial charge in [0.2, 0.25) is 5.91 Å². The zero-order valence-electron chi connectivity index (χ0n) is 11.8. The van der Waals surface area contributed by atoms with Gasteiger partial charge in [0, 0.05) is 30.3 Å². The van der Waals surface area contributed by atoms with Gasteiger partial charge in [0.05, 0.1) is 0 Å². The summed E-state index contributed by atoms with van der Waals surface area (Å²) in [7, 11) is 0. The van der Waals surface area contributed by atoms with Gasteiger partial charge in [-0.25, -0.2) is 0 Å². The van der Waals surface area contributed by atoms with Gasteiger partial charge in [-0.2, -0.15) is 0 Å². The van der Waals surface area contributed by atoms with Crippen LogP contribution in [0.15, 0.2) is 24.3 Å². The number of carbonyl (C=O) groups is 2. The molecule has 5 nitrogen and oxygen atoms in total. The number of hydrogen-bond acceptors (Lipinski definition) is 3. The van der Waals surface area contributed by atoms with Gasteiger partial charge < -0.3 is 16.4 Å². The lowest BCUT2D eigenvalue weighted by Crippen LogP contribution is -2.24. The summed E-state index contributed by atoms with van der Waals surface area (Å²) in [5, 5.41) is 5.52. The Hall–Kier alpha value is -1.59. The molecule has 0 heterocycles. The molecule has 0 bridgehead atoms. The SMILES string of the molecule is CCCNC(=O)c1ccc(NC(=O)CC(C)N)cc1.Cl. The molecule has 20 heavy (non-hydrogen) atoms. The van der Waals surface area contributed by atoms with E-state index < -0.39 is 0 Å². The number of benzene rings is 1. The number of hydrogen-bond donors (Lipinski definition) is 3. The summed E-state index contributed by atoms with van der Waals surface area (Å²) in [5.74, 6) is -0.228. The Morgan fingerprint density at radius 2 is 1.85 bits per heavy atom. The molecule has 1 atom stereocenters. The van der Waals surface area contributed by atoms with Crippen molar-refractivity contribution in [1.82, 2.24) is 5.32 Å². The summed E-state index contributed by atoms with van der Waals surface area (Å²) in [5.41, 5.74) is 6.79. The lowest BCUT2D eigenvalue weighted by atomic mass is 10.2. The fourth-order valence-corrected chi connectivity index (χ4v) is 1.55. The van der Waals surface area contributed by atoms with E-state index in [1.54, 1.807) is 31.2 Å². The highest BCUT2D eigenvalue weighted by atomic mass is 35.5. The van der Waals surface area contributed by atoms with Crippen LogP contribution in [-0.2, 0) is 4.79 Å². The highest BCUT2D eigenvalue weighted by molar-refractivity contribution is 5.95. The molecule has 0 saturated carbocycles. The molecule has 0 aromatic heterocycles. The second kappa shape index (κ2) is 9.34. The third-order valence-corrected chi connectivity index (χ3v) is 2.47. The van der Waals surface area contributed by atoms with Crippen LogP contribution in [0.5, 0.6) is 0 Å². The van der Waals surface area contributed by atoms with Crippen LogP contribution in [0.1, 0.15) is 37.0 Å². The molecule has 112 valence electrons. The van der Waals surface area contributed by atoms with Crippen LogP contribution >= 0.6 is 12.4 Å². The third-order valence-electron chi connectivity index (χ3n) is 2.47. The second-order valence-corrected chi connectivity index (χ2v) is 4.56. The molecule has 0 aliphatic carbocycles. The van der Waals surface area contributed by atoms with Crippen molar-refractivity contribution in [1.29, 1.82) is 0 Å². The number of anilines is 1. The van der Waals surface area contributed by atoms with Crippen molar-refractivity contribution in [2.75, 3.05) is 11.9 Å². The van der Waals surface area contributed by atoms with Gasteiger partial charge in [-0.1, -0.05) is 6.92 Å². The van der Waals surface area contributed by atoms with Crippen molar-refractivity contribution in [3.05, 3.63) is 29.8 Å². The van der Waals surface area contributed by atoms with Crippen molar-refractivity contribution in [3.63, 3.8) is 0 Å². The maximum absolute atomic E-state index is 11.7. The average Bonchev–Trinajstić information content (AvgIpc) is 2.35. The van der Waals surface area contributed by atoms with Gasteiger partial charge >= 0.3 is 0 Å². The zero-order valence-corrected chi connectivity index (χ0v) is 12.6. The predicted molar refractivity (Wildman–Crippen MR) is 83.2 cm³/mol. The molecule has 1 rings (SSSR count). The number of rotatable bonds is 6. The number of amides is 2. The highest BCUT2D eigenvalue weighted by Crippen LogP contribution is 2.10. The summed E-state index contributed by atoms with van der Waals surface area (Å²) in [4.78, 5) is 23.2. The van der Waals surface area contributed by atoms with E-state index in [-0.39, 0.29) is 36.7 Å². The number of halogens is 1. The standard InChI is InChI=1S/C14H21N3O2.ClH/c1-3-8-16-14(19)11-4-6-12(7-5-11)17-13(18)9-10(2)15;/h4-7,10H,3,8-9,15H2,1-2H3,(H,16,19)(H,17,18);1H. The Morgan fingerprint density at radius 3 is 2.35 bits per heavy atom. The van der Waals surface area contributed by atoms with E-state index in [9.17, 15) is 9.59 Å². The van der Waals surface area contributed by atoms with E-state index in [2.05, 4.69) is 10.6 Å². The lowest BCUT2D eigenvalue weighted by Gasteiger charge is -2.08. The number of nitrogens with one attached hydrogen (secondary N) is 2. The minimum atomic E-state index is -0.168. The molecule has 1 aromatic rings. The van der Waals surface area contributed by atoms with E-state index in [4.69, 9.17) is 5.73 Å². The molecule has 0 fully saturated rings. The molecule has 1 aromatic carbocycles. The number of nitrogens with two attached hydrogens (primary N) is 1. The molecular formula is C14H22ClN3O2. The van der Waals surface area contributed by atoms with E-state index in [1.165, 1.54) is 0 Å².